The summed E-state index contributed by atoms with van der Waals surface area (Å²) < 4.78 is 0. The van der Waals surface area contributed by atoms with E-state index < -0.39 is 0 Å². The third kappa shape index (κ3) is 12.9. The Morgan fingerprint density at radius 3 is 2.08 bits per heavy atom. The van der Waals surface area contributed by atoms with E-state index in [4.69, 9.17) is 0 Å². The number of hydrogen-bond acceptors (Lipinski definition) is 3. The molecule has 0 aliphatic rings. The minimum atomic E-state index is -0.292. The molecule has 0 aromatic heterocycles. The maximum atomic E-state index is 11.0. The molecular weight excluding hydrogens is 324 g/mol. The number of nitro benzene ring substituents is 1. The molecule has 0 atom stereocenters. The fourth-order valence-electron chi connectivity index (χ4n) is 2.45. The lowest BCUT2D eigenvalue weighted by molar-refractivity contribution is -0.385. The summed E-state index contributed by atoms with van der Waals surface area (Å²) in [5, 5.41) is 11.0. The second-order valence-corrected chi connectivity index (χ2v) is 7.00. The lowest BCUT2D eigenvalue weighted by Crippen LogP contribution is -2.28. The summed E-state index contributed by atoms with van der Waals surface area (Å²) in [6, 6.07) is 5.38. The quantitative estimate of drug-likeness (QED) is 0.363. The van der Waals surface area contributed by atoms with Gasteiger partial charge in [-0.15, -0.1) is 0 Å². The fourth-order valence-corrected chi connectivity index (χ4v) is 2.45. The highest BCUT2D eigenvalue weighted by molar-refractivity contribution is 5.44. The number of rotatable bonds is 9. The highest BCUT2D eigenvalue weighted by atomic mass is 16.6. The van der Waals surface area contributed by atoms with E-state index in [1.54, 1.807) is 12.1 Å². The van der Waals surface area contributed by atoms with Crippen molar-refractivity contribution in [2.75, 3.05) is 19.6 Å². The molecule has 1 rings (SSSR count). The minimum absolute atomic E-state index is 0.234. The van der Waals surface area contributed by atoms with Crippen LogP contribution in [-0.4, -0.2) is 29.5 Å². The summed E-state index contributed by atoms with van der Waals surface area (Å²) in [5.41, 5.74) is 2.14. The van der Waals surface area contributed by atoms with Crippen LogP contribution in [0.2, 0.25) is 0 Å². The Hall–Kier alpha value is -1.42. The van der Waals surface area contributed by atoms with Crippen molar-refractivity contribution in [2.45, 2.75) is 81.1 Å². The van der Waals surface area contributed by atoms with Crippen molar-refractivity contribution < 1.29 is 4.92 Å². The van der Waals surface area contributed by atoms with E-state index in [0.29, 0.717) is 0 Å². The minimum Gasteiger partial charge on any atom is -0.303 e. The van der Waals surface area contributed by atoms with Gasteiger partial charge >= 0.3 is 0 Å². The molecule has 0 radical (unpaired) electrons. The second kappa shape index (κ2) is 17.0. The van der Waals surface area contributed by atoms with Crippen LogP contribution in [0.4, 0.5) is 5.69 Å². The van der Waals surface area contributed by atoms with Gasteiger partial charge in [-0.1, -0.05) is 67.0 Å². The van der Waals surface area contributed by atoms with Crippen molar-refractivity contribution in [3.63, 3.8) is 0 Å². The van der Waals surface area contributed by atoms with E-state index in [1.165, 1.54) is 12.8 Å². The molecule has 0 saturated carbocycles. The van der Waals surface area contributed by atoms with Gasteiger partial charge < -0.3 is 4.90 Å². The predicted molar refractivity (Wildman–Crippen MR) is 115 cm³/mol. The molecule has 0 amide bonds. The molecule has 26 heavy (non-hydrogen) atoms. The Morgan fingerprint density at radius 2 is 1.62 bits per heavy atom. The average molecular weight is 367 g/mol. The average Bonchev–Trinajstić information content (AvgIpc) is 2.59. The van der Waals surface area contributed by atoms with Crippen LogP contribution in [0.1, 0.15) is 78.9 Å². The Morgan fingerprint density at radius 1 is 1.04 bits per heavy atom. The molecule has 0 unspecified atom stereocenters. The summed E-state index contributed by atoms with van der Waals surface area (Å²) in [5.74, 6) is 0.833. The fraction of sp³-hybridized carbons (Fsp3) is 0.727. The number of nitro groups is 1. The summed E-state index contributed by atoms with van der Waals surface area (Å²) in [6.07, 6.45) is 4.46. The van der Waals surface area contributed by atoms with Crippen molar-refractivity contribution in [1.29, 1.82) is 0 Å². The van der Waals surface area contributed by atoms with Crippen LogP contribution in [-0.2, 0) is 6.42 Å². The molecule has 0 aliphatic heterocycles. The van der Waals surface area contributed by atoms with Crippen LogP contribution in [0, 0.1) is 23.0 Å². The molecule has 0 fully saturated rings. The molecule has 0 bridgehead atoms. The zero-order valence-electron chi connectivity index (χ0n) is 18.5. The molecule has 0 aliphatic carbocycles. The van der Waals surface area contributed by atoms with Crippen molar-refractivity contribution in [1.82, 2.24) is 4.90 Å². The lowest BCUT2D eigenvalue weighted by atomic mass is 10.0. The standard InChI is InChI=1S/C16H26N2O2.C4H10.C2H6/c1-4-6-12-17(11-5-2)13-10-15-8-7-9-16(14(15)3)18(19)20;1-4(2)3;1-2/h7-9H,4-6,10-13H2,1-3H3;4H,1-3H3;1-2H3. The molecular formula is C22H42N2O2. The van der Waals surface area contributed by atoms with Gasteiger partial charge in [0.15, 0.2) is 0 Å². The normalized spacial score (nSPS) is 10.1. The number of benzene rings is 1. The zero-order chi connectivity index (χ0) is 20.5. The first-order valence-electron chi connectivity index (χ1n) is 10.3. The van der Waals surface area contributed by atoms with E-state index in [9.17, 15) is 10.1 Å². The van der Waals surface area contributed by atoms with Crippen molar-refractivity contribution >= 4 is 5.69 Å². The van der Waals surface area contributed by atoms with Crippen molar-refractivity contribution in [3.05, 3.63) is 39.4 Å². The van der Waals surface area contributed by atoms with E-state index in [0.717, 1.165) is 49.5 Å². The molecule has 1 aromatic carbocycles. The molecule has 0 spiro atoms. The van der Waals surface area contributed by atoms with Gasteiger partial charge in [0.25, 0.3) is 5.69 Å². The summed E-state index contributed by atoms with van der Waals surface area (Å²) in [6.45, 7) is 20.0. The first-order valence-corrected chi connectivity index (χ1v) is 10.3. The topological polar surface area (TPSA) is 46.4 Å². The molecule has 1 aromatic rings. The number of unbranched alkanes of at least 4 members (excludes halogenated alkanes) is 1. The lowest BCUT2D eigenvalue weighted by Gasteiger charge is -2.21. The molecule has 4 heteroatoms. The molecule has 0 saturated heterocycles. The van der Waals surface area contributed by atoms with Crippen molar-refractivity contribution in [3.8, 4) is 0 Å². The smallest absolute Gasteiger partial charge is 0.272 e. The highest BCUT2D eigenvalue weighted by Gasteiger charge is 2.13. The van der Waals surface area contributed by atoms with Gasteiger partial charge in [0, 0.05) is 18.2 Å². The van der Waals surface area contributed by atoms with Crippen LogP contribution in [0.15, 0.2) is 18.2 Å². The van der Waals surface area contributed by atoms with Crippen LogP contribution in [0.25, 0.3) is 0 Å². The SMILES string of the molecule is CC.CC(C)C.CCCCN(CCC)CCc1cccc([N+](=O)[O-])c1C. The largest absolute Gasteiger partial charge is 0.303 e. The molecule has 4 nitrogen and oxygen atoms in total. The summed E-state index contributed by atoms with van der Waals surface area (Å²) in [7, 11) is 0. The monoisotopic (exact) mass is 366 g/mol. The van der Waals surface area contributed by atoms with Gasteiger partial charge in [-0.05, 0) is 50.8 Å². The Kier molecular flexibility index (Phi) is 17.5. The third-order valence-electron chi connectivity index (χ3n) is 3.68. The Bertz CT molecular complexity index is 470. The van der Waals surface area contributed by atoms with Gasteiger partial charge in [-0.3, -0.25) is 10.1 Å². The van der Waals surface area contributed by atoms with Gasteiger partial charge in [-0.2, -0.15) is 0 Å². The Labute approximate surface area is 162 Å². The number of nitrogens with zero attached hydrogens (tertiary/aromatic N) is 2. The van der Waals surface area contributed by atoms with Gasteiger partial charge in [0.05, 0.1) is 4.92 Å². The maximum absolute atomic E-state index is 11.0. The molecule has 0 heterocycles. The van der Waals surface area contributed by atoms with E-state index in [2.05, 4.69) is 39.5 Å². The van der Waals surface area contributed by atoms with Crippen LogP contribution in [0.3, 0.4) is 0 Å². The maximum Gasteiger partial charge on any atom is 0.272 e. The Balaban J connectivity index is 0. The highest BCUT2D eigenvalue weighted by Crippen LogP contribution is 2.21. The number of hydrogen-bond donors (Lipinski definition) is 0. The predicted octanol–water partition coefficient (Wildman–Crippen LogP) is 6.65. The first-order chi connectivity index (χ1) is 12.3. The van der Waals surface area contributed by atoms with Crippen LogP contribution in [0.5, 0.6) is 0 Å². The van der Waals surface area contributed by atoms with Gasteiger partial charge in [-0.25, -0.2) is 0 Å². The van der Waals surface area contributed by atoms with E-state index in [1.807, 2.05) is 26.8 Å². The second-order valence-electron chi connectivity index (χ2n) is 7.00. The summed E-state index contributed by atoms with van der Waals surface area (Å²) in [4.78, 5) is 13.1. The first kappa shape index (κ1) is 26.8. The van der Waals surface area contributed by atoms with Gasteiger partial charge in [0.2, 0.25) is 0 Å². The van der Waals surface area contributed by atoms with Crippen LogP contribution >= 0.6 is 0 Å². The third-order valence-corrected chi connectivity index (χ3v) is 3.68. The van der Waals surface area contributed by atoms with Crippen molar-refractivity contribution in [2.24, 2.45) is 5.92 Å². The molecule has 152 valence electrons. The van der Waals surface area contributed by atoms with E-state index >= 15 is 0 Å². The van der Waals surface area contributed by atoms with Gasteiger partial charge in [0.1, 0.15) is 0 Å². The zero-order valence-corrected chi connectivity index (χ0v) is 18.5. The summed E-state index contributed by atoms with van der Waals surface area (Å²) >= 11 is 0. The van der Waals surface area contributed by atoms with E-state index in [-0.39, 0.29) is 10.6 Å². The molecule has 0 N–H and O–H groups in total. The van der Waals surface area contributed by atoms with Crippen LogP contribution < -0.4 is 0 Å².